The third-order valence-corrected chi connectivity index (χ3v) is 3.95. The molecule has 114 valence electrons. The van der Waals surface area contributed by atoms with Crippen LogP contribution in [0.4, 0.5) is 0 Å². The fourth-order valence-electron chi connectivity index (χ4n) is 3.05. The molecule has 0 bridgehead atoms. The highest BCUT2D eigenvalue weighted by Gasteiger charge is 2.16. The van der Waals surface area contributed by atoms with Crippen LogP contribution < -0.4 is 5.32 Å². The minimum Gasteiger partial charge on any atom is -0.378 e. The average molecular weight is 269 g/mol. The molecule has 0 aliphatic carbocycles. The van der Waals surface area contributed by atoms with Crippen molar-refractivity contribution >= 4 is 0 Å². The molecule has 19 heavy (non-hydrogen) atoms. The van der Waals surface area contributed by atoms with E-state index in [1.165, 1.54) is 45.1 Å². The largest absolute Gasteiger partial charge is 0.378 e. The minimum absolute atomic E-state index is 0.573. The van der Waals surface area contributed by atoms with Gasteiger partial charge in [0.25, 0.3) is 0 Å². The fraction of sp³-hybridized carbons (Fsp3) is 1.00. The summed E-state index contributed by atoms with van der Waals surface area (Å²) in [6, 6.07) is 0. The molecule has 1 aliphatic heterocycles. The van der Waals surface area contributed by atoms with E-state index in [4.69, 9.17) is 4.74 Å². The molecule has 0 aromatic heterocycles. The van der Waals surface area contributed by atoms with Crippen molar-refractivity contribution in [3.05, 3.63) is 0 Å². The maximum atomic E-state index is 5.71. The Morgan fingerprint density at radius 2 is 1.89 bits per heavy atom. The summed E-state index contributed by atoms with van der Waals surface area (Å²) >= 11 is 0. The van der Waals surface area contributed by atoms with Crippen molar-refractivity contribution in [2.24, 2.45) is 17.8 Å². The number of rotatable bonds is 10. The monoisotopic (exact) mass is 269 g/mol. The van der Waals surface area contributed by atoms with Crippen LogP contribution in [0.25, 0.3) is 0 Å². The zero-order valence-electron chi connectivity index (χ0n) is 13.6. The Hall–Kier alpha value is -0.0800. The minimum atomic E-state index is 0.573. The van der Waals surface area contributed by atoms with E-state index in [9.17, 15) is 0 Å². The number of nitrogens with one attached hydrogen (secondary N) is 1. The van der Waals surface area contributed by atoms with Gasteiger partial charge in [-0.3, -0.25) is 0 Å². The smallest absolute Gasteiger partial charge is 0.0576 e. The molecule has 1 aliphatic rings. The molecule has 1 fully saturated rings. The van der Waals surface area contributed by atoms with Crippen LogP contribution in [0.2, 0.25) is 0 Å². The summed E-state index contributed by atoms with van der Waals surface area (Å²) in [5.41, 5.74) is 0. The lowest BCUT2D eigenvalue weighted by Gasteiger charge is -2.21. The van der Waals surface area contributed by atoms with Gasteiger partial charge in [0.15, 0.2) is 0 Å². The van der Waals surface area contributed by atoms with Crippen molar-refractivity contribution in [1.29, 1.82) is 0 Å². The Labute approximate surface area is 120 Å². The summed E-state index contributed by atoms with van der Waals surface area (Å²) in [5.74, 6) is 2.42. The highest BCUT2D eigenvalue weighted by molar-refractivity contribution is 4.69. The lowest BCUT2D eigenvalue weighted by Crippen LogP contribution is -2.27. The second kappa shape index (κ2) is 9.77. The quantitative estimate of drug-likeness (QED) is 0.640. The zero-order chi connectivity index (χ0) is 14.1. The first-order chi connectivity index (χ1) is 9.08. The Morgan fingerprint density at radius 1 is 1.11 bits per heavy atom. The summed E-state index contributed by atoms with van der Waals surface area (Å²) < 4.78 is 5.71. The van der Waals surface area contributed by atoms with Crippen molar-refractivity contribution in [3.8, 4) is 0 Å². The maximum Gasteiger partial charge on any atom is 0.0576 e. The summed E-state index contributed by atoms with van der Waals surface area (Å²) in [5, 5.41) is 3.64. The van der Waals surface area contributed by atoms with Crippen molar-refractivity contribution < 1.29 is 4.74 Å². The third-order valence-electron chi connectivity index (χ3n) is 3.95. The van der Waals surface area contributed by atoms with Crippen molar-refractivity contribution in [2.45, 2.75) is 72.3 Å². The molecule has 2 nitrogen and oxygen atoms in total. The topological polar surface area (TPSA) is 21.3 Å². The van der Waals surface area contributed by atoms with Gasteiger partial charge in [0, 0.05) is 6.61 Å². The number of hydrogen-bond donors (Lipinski definition) is 1. The van der Waals surface area contributed by atoms with E-state index in [2.05, 4.69) is 33.0 Å². The molecular formula is C17H35NO. The van der Waals surface area contributed by atoms with Gasteiger partial charge in [-0.2, -0.15) is 0 Å². The van der Waals surface area contributed by atoms with Gasteiger partial charge in [0.05, 0.1) is 6.10 Å². The predicted octanol–water partition coefficient (Wildman–Crippen LogP) is 4.24. The molecule has 0 aromatic carbocycles. The van der Waals surface area contributed by atoms with Crippen LogP contribution in [0.1, 0.15) is 66.2 Å². The third kappa shape index (κ3) is 8.65. The van der Waals surface area contributed by atoms with E-state index in [0.29, 0.717) is 6.10 Å². The molecule has 2 unspecified atom stereocenters. The second-order valence-corrected chi connectivity index (χ2v) is 7.11. The van der Waals surface area contributed by atoms with E-state index in [1.54, 1.807) is 0 Å². The molecule has 0 aromatic rings. The van der Waals surface area contributed by atoms with Crippen molar-refractivity contribution in [1.82, 2.24) is 5.32 Å². The van der Waals surface area contributed by atoms with Gasteiger partial charge in [0.2, 0.25) is 0 Å². The average Bonchev–Trinajstić information content (AvgIpc) is 2.80. The zero-order valence-corrected chi connectivity index (χ0v) is 13.6. The molecule has 2 atom stereocenters. The summed E-state index contributed by atoms with van der Waals surface area (Å²) in [7, 11) is 0. The Balaban J connectivity index is 2.15. The first kappa shape index (κ1) is 17.0. The van der Waals surface area contributed by atoms with E-state index >= 15 is 0 Å². The standard InChI is InChI=1S/C17H35NO/c1-14(2)11-16(13-18-12-15(3)4)7-5-8-17-9-6-10-19-17/h14-18H,5-13H2,1-4H3. The highest BCUT2D eigenvalue weighted by Crippen LogP contribution is 2.22. The molecule has 0 radical (unpaired) electrons. The van der Waals surface area contributed by atoms with Crippen LogP contribution in [0.3, 0.4) is 0 Å². The Bertz CT molecular complexity index is 209. The number of ether oxygens (including phenoxy) is 1. The van der Waals surface area contributed by atoms with E-state index in [1.807, 2.05) is 0 Å². The van der Waals surface area contributed by atoms with Gasteiger partial charge in [0.1, 0.15) is 0 Å². The Morgan fingerprint density at radius 3 is 2.47 bits per heavy atom. The molecule has 0 amide bonds. The van der Waals surface area contributed by atoms with Crippen LogP contribution in [0.15, 0.2) is 0 Å². The number of hydrogen-bond acceptors (Lipinski definition) is 2. The van der Waals surface area contributed by atoms with E-state index in [0.717, 1.165) is 30.9 Å². The molecule has 1 rings (SSSR count). The predicted molar refractivity (Wildman–Crippen MR) is 83.5 cm³/mol. The van der Waals surface area contributed by atoms with Gasteiger partial charge >= 0.3 is 0 Å². The lowest BCUT2D eigenvalue weighted by molar-refractivity contribution is 0.100. The summed E-state index contributed by atoms with van der Waals surface area (Å²) in [6.07, 6.45) is 8.48. The van der Waals surface area contributed by atoms with Gasteiger partial charge < -0.3 is 10.1 Å². The van der Waals surface area contributed by atoms with Crippen LogP contribution >= 0.6 is 0 Å². The molecule has 0 saturated carbocycles. The molecule has 2 heteroatoms. The first-order valence-electron chi connectivity index (χ1n) is 8.40. The highest BCUT2D eigenvalue weighted by atomic mass is 16.5. The van der Waals surface area contributed by atoms with Crippen molar-refractivity contribution in [3.63, 3.8) is 0 Å². The molecule has 1 N–H and O–H groups in total. The van der Waals surface area contributed by atoms with Crippen LogP contribution in [0, 0.1) is 17.8 Å². The van der Waals surface area contributed by atoms with E-state index < -0.39 is 0 Å². The fourth-order valence-corrected chi connectivity index (χ4v) is 3.05. The Kier molecular flexibility index (Phi) is 8.72. The van der Waals surface area contributed by atoms with E-state index in [-0.39, 0.29) is 0 Å². The maximum absolute atomic E-state index is 5.71. The van der Waals surface area contributed by atoms with Gasteiger partial charge in [-0.1, -0.05) is 34.1 Å². The molecular weight excluding hydrogens is 234 g/mol. The molecule has 1 heterocycles. The van der Waals surface area contributed by atoms with Crippen LogP contribution in [0.5, 0.6) is 0 Å². The van der Waals surface area contributed by atoms with Gasteiger partial charge in [-0.15, -0.1) is 0 Å². The van der Waals surface area contributed by atoms with Crippen molar-refractivity contribution in [2.75, 3.05) is 19.7 Å². The van der Waals surface area contributed by atoms with Crippen LogP contribution in [-0.2, 0) is 4.74 Å². The normalized spacial score (nSPS) is 21.5. The summed E-state index contributed by atoms with van der Waals surface area (Å²) in [6.45, 7) is 12.6. The van der Waals surface area contributed by atoms with Gasteiger partial charge in [-0.25, -0.2) is 0 Å². The first-order valence-corrected chi connectivity index (χ1v) is 8.40. The molecule has 1 saturated heterocycles. The molecule has 0 spiro atoms. The van der Waals surface area contributed by atoms with Crippen LogP contribution in [-0.4, -0.2) is 25.8 Å². The lowest BCUT2D eigenvalue weighted by atomic mass is 9.91. The summed E-state index contributed by atoms with van der Waals surface area (Å²) in [4.78, 5) is 0. The van der Waals surface area contributed by atoms with Gasteiger partial charge in [-0.05, 0) is 62.9 Å². The SMILES string of the molecule is CC(C)CNCC(CCCC1CCCO1)CC(C)C. The second-order valence-electron chi connectivity index (χ2n) is 7.11.